The first kappa shape index (κ1) is 23.8. The molecule has 4 nitrogen and oxygen atoms in total. The Bertz CT molecular complexity index is 1360. The number of aromatic nitrogens is 1. The molecule has 4 heterocycles. The minimum absolute atomic E-state index is 0.0295. The van der Waals surface area contributed by atoms with Crippen LogP contribution in [0.1, 0.15) is 76.7 Å². The van der Waals surface area contributed by atoms with Crippen molar-refractivity contribution >= 4 is 10.8 Å². The van der Waals surface area contributed by atoms with E-state index in [-0.39, 0.29) is 16.6 Å². The van der Waals surface area contributed by atoms with E-state index >= 15 is 0 Å². The van der Waals surface area contributed by atoms with Crippen LogP contribution >= 0.6 is 0 Å². The number of fused-ring (bicyclic) bond motifs is 2. The van der Waals surface area contributed by atoms with Gasteiger partial charge in [0.25, 0.3) is 0 Å². The van der Waals surface area contributed by atoms with Crippen molar-refractivity contribution in [2.45, 2.75) is 88.4 Å². The molecular formula is C34H43N3O. The molecule has 1 aromatic carbocycles. The number of pyridine rings is 1. The standard InChI is InChI=1S/C34H43N3O/c1-31(20-36-21-31)22-37(3)28-7-6-26-17-27-10-12-32(2)29(24-5-4-23-11-15-35-19-25(23)16-24)8-9-30(32)34(27)14-13-33(26,18-28)38-34/h4-5,10-11,15-17,19,28-30,36H,6-9,12-14,18,20-22H2,1-3H3/t28?,29?,30-,32?,33-,34-/m1/s1. The molecule has 2 saturated carbocycles. The number of rotatable bonds is 4. The lowest BCUT2D eigenvalue weighted by Gasteiger charge is -2.55. The molecule has 2 saturated heterocycles. The van der Waals surface area contributed by atoms with Crippen LogP contribution in [0.4, 0.5) is 0 Å². The molecule has 3 unspecified atom stereocenters. The van der Waals surface area contributed by atoms with Crippen LogP contribution in [0.15, 0.2) is 60.0 Å². The van der Waals surface area contributed by atoms with Crippen molar-refractivity contribution in [1.29, 1.82) is 0 Å². The molecule has 6 aliphatic rings. The maximum atomic E-state index is 7.58. The van der Waals surface area contributed by atoms with E-state index < -0.39 is 0 Å². The molecule has 200 valence electrons. The number of hydrogen-bond donors (Lipinski definition) is 1. The topological polar surface area (TPSA) is 37.4 Å². The predicted molar refractivity (Wildman–Crippen MR) is 153 cm³/mol. The van der Waals surface area contributed by atoms with Crippen molar-refractivity contribution in [2.75, 3.05) is 26.7 Å². The fraction of sp³-hybridized carbons (Fsp3) is 0.618. The molecule has 0 radical (unpaired) electrons. The van der Waals surface area contributed by atoms with Gasteiger partial charge in [-0.05, 0) is 110 Å². The van der Waals surface area contributed by atoms with E-state index in [9.17, 15) is 0 Å². The smallest absolute Gasteiger partial charge is 0.0974 e. The van der Waals surface area contributed by atoms with E-state index in [1.54, 1.807) is 5.57 Å². The fourth-order valence-electron chi connectivity index (χ4n) is 10.0. The van der Waals surface area contributed by atoms with Gasteiger partial charge in [-0.15, -0.1) is 0 Å². The summed E-state index contributed by atoms with van der Waals surface area (Å²) in [6, 6.07) is 9.88. The van der Waals surface area contributed by atoms with Gasteiger partial charge in [-0.3, -0.25) is 4.98 Å². The van der Waals surface area contributed by atoms with Crippen LogP contribution in [-0.2, 0) is 4.74 Å². The van der Waals surface area contributed by atoms with Gasteiger partial charge in [0.05, 0.1) is 11.2 Å². The Morgan fingerprint density at radius 3 is 2.82 bits per heavy atom. The third-order valence-corrected chi connectivity index (χ3v) is 12.1. The van der Waals surface area contributed by atoms with Gasteiger partial charge in [0.15, 0.2) is 0 Å². The lowest BCUT2D eigenvalue weighted by molar-refractivity contribution is -0.141. The summed E-state index contributed by atoms with van der Waals surface area (Å²) in [4.78, 5) is 7.08. The SMILES string of the molecule is CN(CC1(C)CNC1)C1CCC2=CC3=CCC4(C)C(c5ccc6ccncc6c5)CC[C@H]4[C@@]34CC[C@]2(C1)O4. The Balaban J connectivity index is 1.10. The maximum Gasteiger partial charge on any atom is 0.0974 e. The molecule has 0 amide bonds. The first-order chi connectivity index (χ1) is 18.3. The highest BCUT2D eigenvalue weighted by atomic mass is 16.5. The van der Waals surface area contributed by atoms with Crippen LogP contribution in [0, 0.1) is 16.7 Å². The van der Waals surface area contributed by atoms with Gasteiger partial charge in [-0.25, -0.2) is 0 Å². The normalized spacial score (nSPS) is 40.7. The van der Waals surface area contributed by atoms with Gasteiger partial charge in [-0.2, -0.15) is 0 Å². The van der Waals surface area contributed by atoms with Gasteiger partial charge >= 0.3 is 0 Å². The Labute approximate surface area is 227 Å². The number of allylic oxidation sites excluding steroid dienone is 1. The summed E-state index contributed by atoms with van der Waals surface area (Å²) in [7, 11) is 2.37. The molecule has 1 aromatic heterocycles. The molecular weight excluding hydrogens is 466 g/mol. The molecule has 3 aliphatic heterocycles. The van der Waals surface area contributed by atoms with Crippen molar-refractivity contribution < 1.29 is 4.74 Å². The number of benzene rings is 1. The zero-order valence-electron chi connectivity index (χ0n) is 23.4. The Morgan fingerprint density at radius 2 is 1.97 bits per heavy atom. The number of nitrogens with zero attached hydrogens (tertiary/aromatic N) is 2. The number of hydrogen-bond acceptors (Lipinski definition) is 4. The first-order valence-electron chi connectivity index (χ1n) is 15.2. The molecule has 8 rings (SSSR count). The monoisotopic (exact) mass is 509 g/mol. The summed E-state index contributed by atoms with van der Waals surface area (Å²) in [5.41, 5.74) is 5.22. The summed E-state index contributed by atoms with van der Waals surface area (Å²) < 4.78 is 7.58. The second-order valence-corrected chi connectivity index (χ2v) is 14.4. The Morgan fingerprint density at radius 1 is 1.08 bits per heavy atom. The van der Waals surface area contributed by atoms with Crippen molar-refractivity contribution in [1.82, 2.24) is 15.2 Å². The molecule has 1 N–H and O–H groups in total. The van der Waals surface area contributed by atoms with Crippen LogP contribution in [0.5, 0.6) is 0 Å². The average Bonchev–Trinajstić information content (AvgIpc) is 3.42. The van der Waals surface area contributed by atoms with Gasteiger partial charge in [0.1, 0.15) is 0 Å². The maximum absolute atomic E-state index is 7.58. The van der Waals surface area contributed by atoms with E-state index in [2.05, 4.69) is 72.5 Å². The highest BCUT2D eigenvalue weighted by Crippen LogP contribution is 2.69. The molecule has 3 aliphatic carbocycles. The predicted octanol–water partition coefficient (Wildman–Crippen LogP) is 6.39. The minimum Gasteiger partial charge on any atom is -0.359 e. The van der Waals surface area contributed by atoms with Crippen LogP contribution in [0.25, 0.3) is 10.8 Å². The van der Waals surface area contributed by atoms with Gasteiger partial charge in [0, 0.05) is 48.9 Å². The van der Waals surface area contributed by atoms with Crippen molar-refractivity contribution in [2.24, 2.45) is 16.7 Å². The molecule has 2 aromatic rings. The van der Waals surface area contributed by atoms with E-state index in [0.717, 1.165) is 13.1 Å². The average molecular weight is 510 g/mol. The molecule has 4 fully saturated rings. The third-order valence-electron chi connectivity index (χ3n) is 12.1. The largest absolute Gasteiger partial charge is 0.359 e. The number of nitrogens with one attached hydrogen (secondary N) is 1. The lowest BCUT2D eigenvalue weighted by Crippen LogP contribution is -2.59. The first-order valence-corrected chi connectivity index (χ1v) is 15.2. The fourth-order valence-corrected chi connectivity index (χ4v) is 10.0. The summed E-state index contributed by atoms with van der Waals surface area (Å²) in [5, 5.41) is 6.05. The summed E-state index contributed by atoms with van der Waals surface area (Å²) in [5.74, 6) is 1.18. The molecule has 4 heteroatoms. The summed E-state index contributed by atoms with van der Waals surface area (Å²) in [6.45, 7) is 8.53. The van der Waals surface area contributed by atoms with E-state index in [0.29, 0.717) is 23.3 Å². The van der Waals surface area contributed by atoms with Crippen LogP contribution in [0.2, 0.25) is 0 Å². The Hall–Kier alpha value is -2.01. The zero-order chi connectivity index (χ0) is 25.8. The zero-order valence-corrected chi connectivity index (χ0v) is 23.4. The second kappa shape index (κ2) is 8.02. The molecule has 2 bridgehead atoms. The second-order valence-electron chi connectivity index (χ2n) is 14.4. The van der Waals surface area contributed by atoms with Crippen molar-refractivity contribution in [3.05, 3.63) is 65.5 Å². The van der Waals surface area contributed by atoms with Crippen molar-refractivity contribution in [3.63, 3.8) is 0 Å². The molecule has 2 spiro atoms. The molecule has 6 atom stereocenters. The Kier molecular flexibility index (Phi) is 5.03. The van der Waals surface area contributed by atoms with Crippen LogP contribution in [-0.4, -0.2) is 53.8 Å². The van der Waals surface area contributed by atoms with Crippen LogP contribution < -0.4 is 5.32 Å². The van der Waals surface area contributed by atoms with E-state index in [1.165, 1.54) is 79.8 Å². The third kappa shape index (κ3) is 3.23. The lowest BCUT2D eigenvalue weighted by atomic mass is 9.58. The highest BCUT2D eigenvalue weighted by Gasteiger charge is 2.66. The summed E-state index contributed by atoms with van der Waals surface area (Å²) in [6.07, 6.45) is 18.9. The van der Waals surface area contributed by atoms with Gasteiger partial charge in [-0.1, -0.05) is 38.1 Å². The van der Waals surface area contributed by atoms with E-state index in [1.807, 2.05) is 12.4 Å². The quantitative estimate of drug-likeness (QED) is 0.518. The number of ether oxygens (including phenoxy) is 1. The molecule has 38 heavy (non-hydrogen) atoms. The summed E-state index contributed by atoms with van der Waals surface area (Å²) >= 11 is 0. The van der Waals surface area contributed by atoms with Crippen LogP contribution in [0.3, 0.4) is 0 Å². The van der Waals surface area contributed by atoms with Crippen molar-refractivity contribution in [3.8, 4) is 0 Å². The minimum atomic E-state index is -0.0754. The highest BCUT2D eigenvalue weighted by molar-refractivity contribution is 5.82. The van der Waals surface area contributed by atoms with Gasteiger partial charge < -0.3 is 15.0 Å². The van der Waals surface area contributed by atoms with E-state index in [4.69, 9.17) is 4.74 Å². The van der Waals surface area contributed by atoms with Gasteiger partial charge in [0.2, 0.25) is 0 Å².